The number of benzene rings is 1. The summed E-state index contributed by atoms with van der Waals surface area (Å²) in [6, 6.07) is 6.36. The van der Waals surface area contributed by atoms with Crippen LogP contribution in [0.4, 0.5) is 5.82 Å². The van der Waals surface area contributed by atoms with Gasteiger partial charge in [0.1, 0.15) is 17.3 Å². The van der Waals surface area contributed by atoms with Gasteiger partial charge in [-0.2, -0.15) is 0 Å². The SMILES string of the molecule is Cc1ccc(-c2nc(C(C)(C)C)n(C)c2N)cc1C. The number of nitrogen functional groups attached to an aromatic ring is 1. The average Bonchev–Trinajstić information content (AvgIpc) is 2.60. The molecule has 3 heteroatoms. The third-order valence-electron chi connectivity index (χ3n) is 3.59. The van der Waals surface area contributed by atoms with Gasteiger partial charge in [-0.05, 0) is 31.0 Å². The lowest BCUT2D eigenvalue weighted by Crippen LogP contribution is -2.17. The summed E-state index contributed by atoms with van der Waals surface area (Å²) in [7, 11) is 1.98. The molecule has 0 unspecified atom stereocenters. The average molecular weight is 257 g/mol. The first-order valence-corrected chi connectivity index (χ1v) is 6.62. The Morgan fingerprint density at radius 1 is 1.11 bits per heavy atom. The van der Waals surface area contributed by atoms with E-state index in [1.165, 1.54) is 11.1 Å². The molecule has 3 nitrogen and oxygen atoms in total. The molecule has 0 fully saturated rings. The topological polar surface area (TPSA) is 43.8 Å². The fraction of sp³-hybridized carbons (Fsp3) is 0.438. The smallest absolute Gasteiger partial charge is 0.131 e. The summed E-state index contributed by atoms with van der Waals surface area (Å²) >= 11 is 0. The van der Waals surface area contributed by atoms with Crippen LogP contribution in [0.2, 0.25) is 0 Å². The highest BCUT2D eigenvalue weighted by molar-refractivity contribution is 5.72. The van der Waals surface area contributed by atoms with Crippen molar-refractivity contribution in [2.75, 3.05) is 5.73 Å². The molecule has 1 aromatic heterocycles. The van der Waals surface area contributed by atoms with Crippen molar-refractivity contribution in [2.24, 2.45) is 7.05 Å². The quantitative estimate of drug-likeness (QED) is 0.848. The van der Waals surface area contributed by atoms with E-state index in [-0.39, 0.29) is 5.41 Å². The molecule has 102 valence electrons. The molecule has 0 atom stereocenters. The first-order valence-electron chi connectivity index (χ1n) is 6.62. The van der Waals surface area contributed by atoms with Crippen LogP contribution in [0.15, 0.2) is 18.2 Å². The van der Waals surface area contributed by atoms with E-state index in [9.17, 15) is 0 Å². The second kappa shape index (κ2) is 4.41. The van der Waals surface area contributed by atoms with Gasteiger partial charge in [0.05, 0.1) is 0 Å². The minimum atomic E-state index is -0.0130. The highest BCUT2D eigenvalue weighted by Gasteiger charge is 2.23. The number of hydrogen-bond donors (Lipinski definition) is 1. The maximum Gasteiger partial charge on any atom is 0.131 e. The third-order valence-corrected chi connectivity index (χ3v) is 3.59. The van der Waals surface area contributed by atoms with Crippen LogP contribution in [-0.2, 0) is 12.5 Å². The van der Waals surface area contributed by atoms with E-state index in [0.29, 0.717) is 0 Å². The molecule has 2 aromatic rings. The van der Waals surface area contributed by atoms with Gasteiger partial charge in [0.2, 0.25) is 0 Å². The summed E-state index contributed by atoms with van der Waals surface area (Å²) in [5, 5.41) is 0. The van der Waals surface area contributed by atoms with Crippen molar-refractivity contribution in [2.45, 2.75) is 40.0 Å². The maximum atomic E-state index is 6.22. The summed E-state index contributed by atoms with van der Waals surface area (Å²) in [6.45, 7) is 10.7. The molecule has 0 amide bonds. The van der Waals surface area contributed by atoms with E-state index in [1.807, 2.05) is 11.6 Å². The molecule has 19 heavy (non-hydrogen) atoms. The Bertz CT molecular complexity index is 616. The van der Waals surface area contributed by atoms with Crippen LogP contribution in [-0.4, -0.2) is 9.55 Å². The second-order valence-corrected chi connectivity index (χ2v) is 6.28. The fourth-order valence-electron chi connectivity index (χ4n) is 2.28. The summed E-state index contributed by atoms with van der Waals surface area (Å²) in [6.07, 6.45) is 0. The van der Waals surface area contributed by atoms with Crippen LogP contribution in [0.1, 0.15) is 37.7 Å². The number of aryl methyl sites for hydroxylation is 2. The van der Waals surface area contributed by atoms with E-state index in [0.717, 1.165) is 22.9 Å². The first-order chi connectivity index (χ1) is 8.71. The summed E-state index contributed by atoms with van der Waals surface area (Å²) in [5.41, 5.74) is 10.7. The molecule has 0 bridgehead atoms. The van der Waals surface area contributed by atoms with Crippen molar-refractivity contribution >= 4 is 5.82 Å². The lowest BCUT2D eigenvalue weighted by Gasteiger charge is -2.17. The highest BCUT2D eigenvalue weighted by Crippen LogP contribution is 2.31. The van der Waals surface area contributed by atoms with Gasteiger partial charge in [0.25, 0.3) is 0 Å². The van der Waals surface area contributed by atoms with Crippen LogP contribution >= 0.6 is 0 Å². The monoisotopic (exact) mass is 257 g/mol. The number of nitrogens with two attached hydrogens (primary N) is 1. The molecule has 0 spiro atoms. The van der Waals surface area contributed by atoms with Crippen molar-refractivity contribution in [1.82, 2.24) is 9.55 Å². The number of aromatic nitrogens is 2. The van der Waals surface area contributed by atoms with Crippen LogP contribution in [0.25, 0.3) is 11.3 Å². The molecule has 1 aromatic carbocycles. The molecule has 0 saturated carbocycles. The third kappa shape index (κ3) is 2.37. The first kappa shape index (κ1) is 13.7. The van der Waals surface area contributed by atoms with Gasteiger partial charge < -0.3 is 10.3 Å². The van der Waals surface area contributed by atoms with E-state index in [2.05, 4.69) is 52.8 Å². The normalized spacial score (nSPS) is 11.9. The van der Waals surface area contributed by atoms with E-state index in [1.54, 1.807) is 0 Å². The van der Waals surface area contributed by atoms with Gasteiger partial charge in [0, 0.05) is 18.0 Å². The van der Waals surface area contributed by atoms with Crippen molar-refractivity contribution in [3.8, 4) is 11.3 Å². The zero-order valence-corrected chi connectivity index (χ0v) is 12.7. The summed E-state index contributed by atoms with van der Waals surface area (Å²) < 4.78 is 1.99. The van der Waals surface area contributed by atoms with Crippen molar-refractivity contribution in [3.05, 3.63) is 35.2 Å². The lowest BCUT2D eigenvalue weighted by molar-refractivity contribution is 0.524. The molecule has 2 N–H and O–H groups in total. The Balaban J connectivity index is 2.60. The highest BCUT2D eigenvalue weighted by atomic mass is 15.1. The summed E-state index contributed by atoms with van der Waals surface area (Å²) in [5.74, 6) is 1.74. The molecule has 0 radical (unpaired) electrons. The molecular weight excluding hydrogens is 234 g/mol. The number of nitrogens with zero attached hydrogens (tertiary/aromatic N) is 2. The van der Waals surface area contributed by atoms with Gasteiger partial charge in [0.15, 0.2) is 0 Å². The molecule has 1 heterocycles. The molecule has 0 aliphatic rings. The number of hydrogen-bond acceptors (Lipinski definition) is 2. The molecule has 2 rings (SSSR count). The predicted molar refractivity (Wildman–Crippen MR) is 81.2 cm³/mol. The van der Waals surface area contributed by atoms with Crippen molar-refractivity contribution in [3.63, 3.8) is 0 Å². The lowest BCUT2D eigenvalue weighted by atomic mass is 9.96. The van der Waals surface area contributed by atoms with Crippen LogP contribution in [0.5, 0.6) is 0 Å². The van der Waals surface area contributed by atoms with E-state index >= 15 is 0 Å². The van der Waals surface area contributed by atoms with Crippen molar-refractivity contribution < 1.29 is 0 Å². The largest absolute Gasteiger partial charge is 0.383 e. The van der Waals surface area contributed by atoms with E-state index in [4.69, 9.17) is 10.7 Å². The number of anilines is 1. The van der Waals surface area contributed by atoms with Gasteiger partial charge in [-0.15, -0.1) is 0 Å². The predicted octanol–water partition coefficient (Wildman–Crippen LogP) is 3.58. The minimum Gasteiger partial charge on any atom is -0.383 e. The van der Waals surface area contributed by atoms with Crippen LogP contribution in [0, 0.1) is 13.8 Å². The van der Waals surface area contributed by atoms with Gasteiger partial charge in [-0.25, -0.2) is 4.98 Å². The zero-order chi connectivity index (χ0) is 14.4. The van der Waals surface area contributed by atoms with Gasteiger partial charge in [-0.1, -0.05) is 32.9 Å². The van der Waals surface area contributed by atoms with Crippen LogP contribution in [0.3, 0.4) is 0 Å². The Morgan fingerprint density at radius 3 is 2.21 bits per heavy atom. The Hall–Kier alpha value is -1.77. The van der Waals surface area contributed by atoms with Gasteiger partial charge >= 0.3 is 0 Å². The standard InChI is InChI=1S/C16H23N3/c1-10-7-8-12(9-11(10)2)13-14(17)19(6)15(18-13)16(3,4)5/h7-9H,17H2,1-6H3. The Kier molecular flexibility index (Phi) is 3.17. The Morgan fingerprint density at radius 2 is 1.74 bits per heavy atom. The summed E-state index contributed by atoms with van der Waals surface area (Å²) in [4.78, 5) is 4.76. The number of imidazole rings is 1. The van der Waals surface area contributed by atoms with Crippen LogP contribution < -0.4 is 5.73 Å². The molecule has 0 aliphatic heterocycles. The molecule has 0 saturated heterocycles. The molecular formula is C16H23N3. The number of rotatable bonds is 1. The molecule has 0 aliphatic carbocycles. The van der Waals surface area contributed by atoms with Gasteiger partial charge in [-0.3, -0.25) is 0 Å². The second-order valence-electron chi connectivity index (χ2n) is 6.28. The maximum absolute atomic E-state index is 6.22. The Labute approximate surface area is 115 Å². The zero-order valence-electron chi connectivity index (χ0n) is 12.7. The van der Waals surface area contributed by atoms with Crippen molar-refractivity contribution in [1.29, 1.82) is 0 Å². The fourth-order valence-corrected chi connectivity index (χ4v) is 2.28. The van der Waals surface area contributed by atoms with E-state index < -0.39 is 0 Å². The minimum absolute atomic E-state index is 0.0130.